The van der Waals surface area contributed by atoms with E-state index in [1.165, 1.54) is 21.5 Å². The van der Waals surface area contributed by atoms with Crippen molar-refractivity contribution < 1.29 is 18.4 Å². The summed E-state index contributed by atoms with van der Waals surface area (Å²) in [6.07, 6.45) is -0.203. The number of nitrogens with zero attached hydrogens (tertiary/aromatic N) is 5. The van der Waals surface area contributed by atoms with Gasteiger partial charge >= 0.3 is 11.9 Å². The van der Waals surface area contributed by atoms with E-state index in [1.807, 2.05) is 13.8 Å². The Morgan fingerprint density at radius 1 is 1.03 bits per heavy atom. The second-order valence-electron chi connectivity index (χ2n) is 8.09. The minimum Gasteiger partial charge on any atom is -0.428 e. The molecule has 0 unspecified atom stereocenters. The summed E-state index contributed by atoms with van der Waals surface area (Å²) in [6, 6.07) is 6.52. The molecule has 4 rings (SSSR count). The van der Waals surface area contributed by atoms with Crippen LogP contribution in [-0.4, -0.2) is 28.9 Å². The number of aromatic nitrogens is 5. The van der Waals surface area contributed by atoms with E-state index in [9.17, 15) is 28.0 Å². The average Bonchev–Trinajstić information content (AvgIpc) is 3.38. The topological polar surface area (TPSA) is 87.0 Å². The van der Waals surface area contributed by atoms with Crippen molar-refractivity contribution in [3.63, 3.8) is 0 Å². The highest BCUT2D eigenvalue weighted by Crippen LogP contribution is 2.30. The lowest BCUT2D eigenvalue weighted by Crippen LogP contribution is -2.40. The van der Waals surface area contributed by atoms with E-state index < -0.39 is 23.0 Å². The first-order chi connectivity index (χ1) is 16.2. The highest BCUT2D eigenvalue weighted by molar-refractivity contribution is 5.83. The molecule has 0 amide bonds. The van der Waals surface area contributed by atoms with Gasteiger partial charge in [-0.15, -0.1) is 0 Å². The third-order valence-corrected chi connectivity index (χ3v) is 5.58. The van der Waals surface area contributed by atoms with E-state index in [1.54, 1.807) is 18.3 Å². The summed E-state index contributed by atoms with van der Waals surface area (Å²) in [6.45, 7) is 4.44. The van der Waals surface area contributed by atoms with Gasteiger partial charge in [0.1, 0.15) is 0 Å². The standard InChI is InChI=1S/C23H24F3N5O3/c1-3-8-29-19-11-18(31(34)20(19)21(32)30(9-4-2)22(29)33)16-12-27-28(14-16)13-15-6-5-7-17(10-15)23(24,25)26/h5-7,10-12,14,34H,3-4,8-9,13H2,1-2H3. The van der Waals surface area contributed by atoms with Gasteiger partial charge in [0.15, 0.2) is 5.52 Å². The van der Waals surface area contributed by atoms with Crippen LogP contribution >= 0.6 is 0 Å². The molecule has 0 fully saturated rings. The Bertz CT molecular complexity index is 1460. The van der Waals surface area contributed by atoms with Crippen LogP contribution < -0.4 is 11.2 Å². The molecule has 0 bridgehead atoms. The smallest absolute Gasteiger partial charge is 0.416 e. The molecule has 0 saturated heterocycles. The fourth-order valence-electron chi connectivity index (χ4n) is 4.04. The van der Waals surface area contributed by atoms with E-state index >= 15 is 0 Å². The Balaban J connectivity index is 1.77. The van der Waals surface area contributed by atoms with Crippen molar-refractivity contribution in [3.8, 4) is 11.3 Å². The molecule has 11 heteroatoms. The normalized spacial score (nSPS) is 12.0. The molecule has 34 heavy (non-hydrogen) atoms. The molecule has 0 aliphatic carbocycles. The molecule has 1 N–H and O–H groups in total. The van der Waals surface area contributed by atoms with Crippen LogP contribution in [0.4, 0.5) is 13.2 Å². The number of halogens is 3. The molecule has 3 heterocycles. The maximum Gasteiger partial charge on any atom is 0.416 e. The van der Waals surface area contributed by atoms with Gasteiger partial charge in [0.2, 0.25) is 0 Å². The second-order valence-corrected chi connectivity index (χ2v) is 8.09. The van der Waals surface area contributed by atoms with Crippen LogP contribution in [0.15, 0.2) is 52.3 Å². The van der Waals surface area contributed by atoms with Gasteiger partial charge in [-0.05, 0) is 36.6 Å². The summed E-state index contributed by atoms with van der Waals surface area (Å²) < 4.78 is 43.8. The Morgan fingerprint density at radius 2 is 1.74 bits per heavy atom. The molecule has 0 spiro atoms. The maximum absolute atomic E-state index is 13.0. The summed E-state index contributed by atoms with van der Waals surface area (Å²) in [7, 11) is 0. The van der Waals surface area contributed by atoms with Gasteiger partial charge in [-0.3, -0.25) is 18.6 Å². The van der Waals surface area contributed by atoms with Crippen LogP contribution in [0.2, 0.25) is 0 Å². The molecule has 0 radical (unpaired) electrons. The third kappa shape index (κ3) is 4.13. The van der Waals surface area contributed by atoms with Crippen molar-refractivity contribution in [2.75, 3.05) is 0 Å². The van der Waals surface area contributed by atoms with Gasteiger partial charge in [-0.25, -0.2) is 4.79 Å². The van der Waals surface area contributed by atoms with E-state index in [0.29, 0.717) is 36.0 Å². The number of hydrogen-bond acceptors (Lipinski definition) is 4. The molecule has 4 aromatic rings. The second kappa shape index (κ2) is 8.88. The zero-order valence-corrected chi connectivity index (χ0v) is 18.7. The molecule has 180 valence electrons. The molecule has 0 aliphatic heterocycles. The van der Waals surface area contributed by atoms with Gasteiger partial charge in [-0.1, -0.05) is 26.0 Å². The number of fused-ring (bicyclic) bond motifs is 1. The molecule has 1 aromatic carbocycles. The van der Waals surface area contributed by atoms with Crippen molar-refractivity contribution in [2.24, 2.45) is 0 Å². The highest BCUT2D eigenvalue weighted by Gasteiger charge is 2.30. The van der Waals surface area contributed by atoms with Crippen molar-refractivity contribution in [1.82, 2.24) is 23.6 Å². The monoisotopic (exact) mass is 475 g/mol. The molecular weight excluding hydrogens is 451 g/mol. The summed E-state index contributed by atoms with van der Waals surface area (Å²) in [5.74, 6) is 0. The van der Waals surface area contributed by atoms with Gasteiger partial charge in [0.25, 0.3) is 5.56 Å². The number of aryl methyl sites for hydroxylation is 1. The summed E-state index contributed by atoms with van der Waals surface area (Å²) >= 11 is 0. The first-order valence-corrected chi connectivity index (χ1v) is 10.9. The number of rotatable bonds is 7. The molecular formula is C23H24F3N5O3. The fourth-order valence-corrected chi connectivity index (χ4v) is 4.04. The van der Waals surface area contributed by atoms with Gasteiger partial charge in [0.05, 0.1) is 29.5 Å². The van der Waals surface area contributed by atoms with Crippen molar-refractivity contribution >= 4 is 11.0 Å². The first-order valence-electron chi connectivity index (χ1n) is 10.9. The Morgan fingerprint density at radius 3 is 2.41 bits per heavy atom. The Hall–Kier alpha value is -3.76. The minimum atomic E-state index is -4.44. The SMILES string of the molecule is CCCn1c(=O)c2c(cc(-c3cnn(Cc4cccc(C(F)(F)F)c4)c3)n2O)n(CCC)c1=O. The van der Waals surface area contributed by atoms with Crippen molar-refractivity contribution in [1.29, 1.82) is 0 Å². The molecule has 8 nitrogen and oxygen atoms in total. The maximum atomic E-state index is 13.0. The van der Waals surface area contributed by atoms with Gasteiger partial charge in [0, 0.05) is 24.8 Å². The summed E-state index contributed by atoms with van der Waals surface area (Å²) in [5.41, 5.74) is -0.353. The number of benzene rings is 1. The van der Waals surface area contributed by atoms with E-state index in [0.717, 1.165) is 21.4 Å². The zero-order valence-electron chi connectivity index (χ0n) is 18.7. The average molecular weight is 475 g/mol. The van der Waals surface area contributed by atoms with Crippen molar-refractivity contribution in [3.05, 3.63) is 74.7 Å². The lowest BCUT2D eigenvalue weighted by Gasteiger charge is -2.10. The van der Waals surface area contributed by atoms with E-state index in [-0.39, 0.29) is 24.3 Å². The largest absolute Gasteiger partial charge is 0.428 e. The minimum absolute atomic E-state index is 0.0119. The molecule has 0 atom stereocenters. The van der Waals surface area contributed by atoms with Crippen LogP contribution in [0.3, 0.4) is 0 Å². The fraction of sp³-hybridized carbons (Fsp3) is 0.348. The zero-order chi connectivity index (χ0) is 24.6. The third-order valence-electron chi connectivity index (χ3n) is 5.58. The summed E-state index contributed by atoms with van der Waals surface area (Å²) in [5, 5.41) is 15.0. The lowest BCUT2D eigenvalue weighted by molar-refractivity contribution is -0.137. The van der Waals surface area contributed by atoms with Crippen LogP contribution in [0.25, 0.3) is 22.3 Å². The number of alkyl halides is 3. The van der Waals surface area contributed by atoms with E-state index in [4.69, 9.17) is 0 Å². The first kappa shape index (κ1) is 23.4. The van der Waals surface area contributed by atoms with Crippen LogP contribution in [0.1, 0.15) is 37.8 Å². The lowest BCUT2D eigenvalue weighted by atomic mass is 10.1. The molecule has 0 saturated carbocycles. The summed E-state index contributed by atoms with van der Waals surface area (Å²) in [4.78, 5) is 25.9. The van der Waals surface area contributed by atoms with Crippen LogP contribution in [0, 0.1) is 0 Å². The van der Waals surface area contributed by atoms with Crippen LogP contribution in [-0.2, 0) is 25.8 Å². The highest BCUT2D eigenvalue weighted by atomic mass is 19.4. The van der Waals surface area contributed by atoms with Crippen molar-refractivity contribution in [2.45, 2.75) is 52.5 Å². The Labute approximate surface area is 192 Å². The van der Waals surface area contributed by atoms with Gasteiger partial charge < -0.3 is 5.21 Å². The van der Waals surface area contributed by atoms with E-state index in [2.05, 4.69) is 5.10 Å². The predicted octanol–water partition coefficient (Wildman–Crippen LogP) is 3.95. The quantitative estimate of drug-likeness (QED) is 0.410. The van der Waals surface area contributed by atoms with Crippen LogP contribution in [0.5, 0.6) is 0 Å². The molecule has 0 aliphatic rings. The van der Waals surface area contributed by atoms with Gasteiger partial charge in [-0.2, -0.15) is 23.0 Å². The Kier molecular flexibility index (Phi) is 6.11. The predicted molar refractivity (Wildman–Crippen MR) is 120 cm³/mol. The molecule has 3 aromatic heterocycles. The number of hydrogen-bond donors (Lipinski definition) is 1.